The molecule has 1 aliphatic rings. The summed E-state index contributed by atoms with van der Waals surface area (Å²) < 4.78 is 0. The molecule has 0 saturated heterocycles. The van der Waals surface area contributed by atoms with Crippen LogP contribution in [0.4, 0.5) is 0 Å². The van der Waals surface area contributed by atoms with Crippen molar-refractivity contribution in [1.82, 2.24) is 15.3 Å². The number of nitrogens with zero attached hydrogens (tertiary/aromatic N) is 2. The summed E-state index contributed by atoms with van der Waals surface area (Å²) in [5.41, 5.74) is 2.12. The summed E-state index contributed by atoms with van der Waals surface area (Å²) in [6.45, 7) is 5.33. The third-order valence-electron chi connectivity index (χ3n) is 3.77. The fraction of sp³-hybridized carbons (Fsp3) is 0.714. The van der Waals surface area contributed by atoms with E-state index in [9.17, 15) is 0 Å². The first-order valence-electron chi connectivity index (χ1n) is 6.78. The van der Waals surface area contributed by atoms with Gasteiger partial charge in [-0.15, -0.1) is 0 Å². The van der Waals surface area contributed by atoms with Crippen LogP contribution in [0, 0.1) is 12.8 Å². The summed E-state index contributed by atoms with van der Waals surface area (Å²) in [5.74, 6) is 0.864. The standard InChI is InChI=1S/C14H23N3/c1-11-14(16-9-8-15-11)12(2)17-10-13-6-4-3-5-7-13/h8-9,12-13,17H,3-7,10H2,1-2H3. The van der Waals surface area contributed by atoms with Crippen LogP contribution in [0.5, 0.6) is 0 Å². The highest BCUT2D eigenvalue weighted by Gasteiger charge is 2.16. The maximum Gasteiger partial charge on any atom is 0.0782 e. The van der Waals surface area contributed by atoms with Gasteiger partial charge >= 0.3 is 0 Å². The van der Waals surface area contributed by atoms with Crippen LogP contribution < -0.4 is 5.32 Å². The first-order chi connectivity index (χ1) is 8.27. The Labute approximate surface area is 104 Å². The molecule has 1 fully saturated rings. The summed E-state index contributed by atoms with van der Waals surface area (Å²) >= 11 is 0. The predicted molar refractivity (Wildman–Crippen MR) is 69.8 cm³/mol. The van der Waals surface area contributed by atoms with Gasteiger partial charge in [0.25, 0.3) is 0 Å². The van der Waals surface area contributed by atoms with Crippen molar-refractivity contribution < 1.29 is 0 Å². The summed E-state index contributed by atoms with van der Waals surface area (Å²) in [7, 11) is 0. The van der Waals surface area contributed by atoms with Crippen molar-refractivity contribution >= 4 is 0 Å². The van der Waals surface area contributed by atoms with Crippen molar-refractivity contribution in [3.8, 4) is 0 Å². The lowest BCUT2D eigenvalue weighted by molar-refractivity contribution is 0.330. The molecule has 1 aromatic rings. The van der Waals surface area contributed by atoms with E-state index in [1.165, 1.54) is 32.1 Å². The number of nitrogens with one attached hydrogen (secondary N) is 1. The maximum atomic E-state index is 4.42. The van der Waals surface area contributed by atoms with E-state index in [-0.39, 0.29) is 0 Å². The maximum absolute atomic E-state index is 4.42. The number of hydrogen-bond acceptors (Lipinski definition) is 3. The molecule has 94 valence electrons. The van der Waals surface area contributed by atoms with E-state index in [0.717, 1.165) is 23.9 Å². The molecule has 3 heteroatoms. The van der Waals surface area contributed by atoms with Crippen LogP contribution in [0.2, 0.25) is 0 Å². The molecule has 1 N–H and O–H groups in total. The highest BCUT2D eigenvalue weighted by atomic mass is 14.9. The fourth-order valence-electron chi connectivity index (χ4n) is 2.67. The molecule has 17 heavy (non-hydrogen) atoms. The van der Waals surface area contributed by atoms with Crippen LogP contribution >= 0.6 is 0 Å². The van der Waals surface area contributed by atoms with Gasteiger partial charge in [0.1, 0.15) is 0 Å². The van der Waals surface area contributed by atoms with Gasteiger partial charge in [0, 0.05) is 18.4 Å². The van der Waals surface area contributed by atoms with E-state index in [2.05, 4.69) is 22.2 Å². The summed E-state index contributed by atoms with van der Waals surface area (Å²) in [6, 6.07) is 0.311. The normalized spacial score (nSPS) is 19.2. The Morgan fingerprint density at radius 3 is 2.65 bits per heavy atom. The van der Waals surface area contributed by atoms with Crippen LogP contribution in [-0.4, -0.2) is 16.5 Å². The van der Waals surface area contributed by atoms with E-state index >= 15 is 0 Å². The van der Waals surface area contributed by atoms with E-state index in [1.807, 2.05) is 6.92 Å². The Morgan fingerprint density at radius 2 is 1.94 bits per heavy atom. The molecule has 2 rings (SSSR count). The van der Waals surface area contributed by atoms with Crippen LogP contribution in [0.1, 0.15) is 56.5 Å². The molecule has 0 amide bonds. The highest BCUT2D eigenvalue weighted by Crippen LogP contribution is 2.23. The average molecular weight is 233 g/mol. The van der Waals surface area contributed by atoms with Gasteiger partial charge in [0.05, 0.1) is 11.4 Å². The van der Waals surface area contributed by atoms with Gasteiger partial charge < -0.3 is 5.32 Å². The number of hydrogen-bond donors (Lipinski definition) is 1. The molecule has 0 aliphatic heterocycles. The molecule has 0 bridgehead atoms. The lowest BCUT2D eigenvalue weighted by Crippen LogP contribution is -2.28. The van der Waals surface area contributed by atoms with Gasteiger partial charge in [-0.1, -0.05) is 19.3 Å². The number of rotatable bonds is 4. The second-order valence-corrected chi connectivity index (χ2v) is 5.16. The van der Waals surface area contributed by atoms with Gasteiger partial charge in [-0.25, -0.2) is 0 Å². The van der Waals surface area contributed by atoms with Gasteiger partial charge in [-0.05, 0) is 39.2 Å². The first kappa shape index (κ1) is 12.5. The molecule has 1 atom stereocenters. The average Bonchev–Trinajstić information content (AvgIpc) is 2.38. The lowest BCUT2D eigenvalue weighted by atomic mass is 9.89. The zero-order chi connectivity index (χ0) is 12.1. The third-order valence-corrected chi connectivity index (χ3v) is 3.77. The van der Waals surface area contributed by atoms with Crippen LogP contribution in [0.15, 0.2) is 12.4 Å². The Bertz CT molecular complexity index is 345. The summed E-state index contributed by atoms with van der Waals surface area (Å²) in [5, 5.41) is 3.61. The Balaban J connectivity index is 1.84. The van der Waals surface area contributed by atoms with Crippen molar-refractivity contribution in [2.24, 2.45) is 5.92 Å². The van der Waals surface area contributed by atoms with E-state index in [1.54, 1.807) is 12.4 Å². The van der Waals surface area contributed by atoms with Crippen LogP contribution in [-0.2, 0) is 0 Å². The van der Waals surface area contributed by atoms with Gasteiger partial charge in [-0.2, -0.15) is 0 Å². The van der Waals surface area contributed by atoms with Crippen molar-refractivity contribution in [2.75, 3.05) is 6.54 Å². The minimum absolute atomic E-state index is 0.311. The fourth-order valence-corrected chi connectivity index (χ4v) is 2.67. The van der Waals surface area contributed by atoms with Gasteiger partial charge in [0.15, 0.2) is 0 Å². The summed E-state index contributed by atoms with van der Waals surface area (Å²) in [6.07, 6.45) is 10.6. The molecule has 1 unspecified atom stereocenters. The van der Waals surface area contributed by atoms with Crippen molar-refractivity contribution in [3.63, 3.8) is 0 Å². The Kier molecular flexibility index (Phi) is 4.49. The van der Waals surface area contributed by atoms with E-state index < -0.39 is 0 Å². The quantitative estimate of drug-likeness (QED) is 0.868. The SMILES string of the molecule is Cc1nccnc1C(C)NCC1CCCCC1. The Morgan fingerprint density at radius 1 is 1.24 bits per heavy atom. The van der Waals surface area contributed by atoms with Crippen molar-refractivity contribution in [3.05, 3.63) is 23.8 Å². The molecule has 0 spiro atoms. The molecule has 1 aliphatic carbocycles. The molecule has 0 aromatic carbocycles. The molecule has 0 radical (unpaired) electrons. The van der Waals surface area contributed by atoms with Gasteiger partial charge in [-0.3, -0.25) is 9.97 Å². The molecular formula is C14H23N3. The number of aromatic nitrogens is 2. The molecule has 1 saturated carbocycles. The summed E-state index contributed by atoms with van der Waals surface area (Å²) in [4.78, 5) is 8.71. The van der Waals surface area contributed by atoms with E-state index in [4.69, 9.17) is 0 Å². The molecule has 1 aromatic heterocycles. The zero-order valence-corrected chi connectivity index (χ0v) is 10.9. The lowest BCUT2D eigenvalue weighted by Gasteiger charge is -2.24. The van der Waals surface area contributed by atoms with E-state index in [0.29, 0.717) is 6.04 Å². The minimum atomic E-state index is 0.311. The molecular weight excluding hydrogens is 210 g/mol. The monoisotopic (exact) mass is 233 g/mol. The highest BCUT2D eigenvalue weighted by molar-refractivity contribution is 5.12. The van der Waals surface area contributed by atoms with Gasteiger partial charge in [0.2, 0.25) is 0 Å². The largest absolute Gasteiger partial charge is 0.309 e. The Hall–Kier alpha value is -0.960. The first-order valence-corrected chi connectivity index (χ1v) is 6.78. The number of aryl methyl sites for hydroxylation is 1. The third kappa shape index (κ3) is 3.50. The zero-order valence-electron chi connectivity index (χ0n) is 10.9. The second-order valence-electron chi connectivity index (χ2n) is 5.16. The second kappa shape index (κ2) is 6.10. The molecule has 1 heterocycles. The minimum Gasteiger partial charge on any atom is -0.309 e. The predicted octanol–water partition coefficient (Wildman–Crippen LogP) is 3.02. The van der Waals surface area contributed by atoms with Crippen molar-refractivity contribution in [2.45, 2.75) is 52.0 Å². The smallest absolute Gasteiger partial charge is 0.0782 e. The van der Waals surface area contributed by atoms with Crippen molar-refractivity contribution in [1.29, 1.82) is 0 Å². The van der Waals surface area contributed by atoms with Crippen LogP contribution in [0.3, 0.4) is 0 Å². The topological polar surface area (TPSA) is 37.8 Å². The van der Waals surface area contributed by atoms with Crippen LogP contribution in [0.25, 0.3) is 0 Å². The molecule has 3 nitrogen and oxygen atoms in total.